The zero-order chi connectivity index (χ0) is 15.8. The summed E-state index contributed by atoms with van der Waals surface area (Å²) in [6.45, 7) is 4.78. The molecule has 1 aromatic carbocycles. The van der Waals surface area contributed by atoms with Gasteiger partial charge in [0.2, 0.25) is 0 Å². The summed E-state index contributed by atoms with van der Waals surface area (Å²) in [5.41, 5.74) is 1.12. The topological polar surface area (TPSA) is 48.6 Å². The van der Waals surface area contributed by atoms with Gasteiger partial charge in [0.05, 0.1) is 13.2 Å². The van der Waals surface area contributed by atoms with Gasteiger partial charge in [-0.1, -0.05) is 6.07 Å². The third kappa shape index (κ3) is 4.95. The predicted molar refractivity (Wildman–Crippen MR) is 83.7 cm³/mol. The molecule has 2 rings (SSSR count). The molecule has 0 aliphatic rings. The fraction of sp³-hybridized carbons (Fsp3) is 0.312. The van der Waals surface area contributed by atoms with Crippen LogP contribution in [-0.2, 0) is 20.2 Å². The summed E-state index contributed by atoms with van der Waals surface area (Å²) in [6, 6.07) is 13.3. The lowest BCUT2D eigenvalue weighted by Gasteiger charge is -2.17. The second kappa shape index (κ2) is 8.08. The number of pyridine rings is 1. The van der Waals surface area contributed by atoms with Gasteiger partial charge in [-0.25, -0.2) is 9.13 Å². The molecule has 0 aliphatic carbocycles. The Labute approximate surface area is 131 Å². The summed E-state index contributed by atoms with van der Waals surface area (Å²) in [7, 11) is -3.53. The van der Waals surface area contributed by atoms with Gasteiger partial charge in [-0.2, -0.15) is 0 Å². The van der Waals surface area contributed by atoms with E-state index in [1.54, 1.807) is 26.0 Å². The van der Waals surface area contributed by atoms with Gasteiger partial charge in [0.1, 0.15) is 5.75 Å². The number of hydrogen-bond acceptors (Lipinski definition) is 4. The van der Waals surface area contributed by atoms with E-state index in [0.29, 0.717) is 5.75 Å². The Morgan fingerprint density at radius 2 is 1.55 bits per heavy atom. The van der Waals surface area contributed by atoms with Gasteiger partial charge in [-0.15, -0.1) is 0 Å². The van der Waals surface area contributed by atoms with Crippen molar-refractivity contribution in [3.63, 3.8) is 0 Å². The molecule has 5 nitrogen and oxygen atoms in total. The lowest BCUT2D eigenvalue weighted by molar-refractivity contribution is -0.688. The molecule has 1 heterocycles. The number of aromatic nitrogens is 1. The quantitative estimate of drug-likeness (QED) is 0.550. The number of hydrogen-bond donors (Lipinski definition) is 0. The van der Waals surface area contributed by atoms with Crippen LogP contribution in [0.2, 0.25) is 0 Å². The second-order valence-corrected chi connectivity index (χ2v) is 6.16. The molecular formula is C16H21NO4P+. The number of phosphoric acid groups is 1. The van der Waals surface area contributed by atoms with Crippen molar-refractivity contribution < 1.29 is 22.7 Å². The summed E-state index contributed by atoms with van der Waals surface area (Å²) in [4.78, 5) is 0. The molecule has 0 fully saturated rings. The monoisotopic (exact) mass is 322 g/mol. The third-order valence-corrected chi connectivity index (χ3v) is 4.44. The minimum atomic E-state index is -3.53. The van der Waals surface area contributed by atoms with Crippen LogP contribution in [-0.4, -0.2) is 13.2 Å². The van der Waals surface area contributed by atoms with Gasteiger partial charge in [0, 0.05) is 17.7 Å². The van der Waals surface area contributed by atoms with E-state index in [-0.39, 0.29) is 13.2 Å². The normalized spacial score (nSPS) is 11.4. The maximum atomic E-state index is 12.3. The predicted octanol–water partition coefficient (Wildman–Crippen LogP) is 3.58. The number of rotatable bonds is 8. The van der Waals surface area contributed by atoms with Crippen LogP contribution in [0.5, 0.6) is 5.75 Å². The van der Waals surface area contributed by atoms with Crippen LogP contribution in [0.1, 0.15) is 19.4 Å². The van der Waals surface area contributed by atoms with E-state index in [4.69, 9.17) is 13.6 Å². The van der Waals surface area contributed by atoms with Gasteiger partial charge in [-0.3, -0.25) is 9.05 Å². The minimum Gasteiger partial charge on any atom is -0.404 e. The molecule has 6 heteroatoms. The van der Waals surface area contributed by atoms with Crippen molar-refractivity contribution in [3.8, 4) is 5.75 Å². The van der Waals surface area contributed by atoms with Crippen LogP contribution < -0.4 is 9.09 Å². The Balaban J connectivity index is 2.03. The number of benzene rings is 1. The first-order valence-corrected chi connectivity index (χ1v) is 8.73. The van der Waals surface area contributed by atoms with Gasteiger partial charge in [0.15, 0.2) is 18.9 Å². The lowest BCUT2D eigenvalue weighted by atomic mass is 10.2. The van der Waals surface area contributed by atoms with E-state index in [0.717, 1.165) is 12.1 Å². The number of nitrogens with zero attached hydrogens (tertiary/aromatic N) is 1. The summed E-state index contributed by atoms with van der Waals surface area (Å²) >= 11 is 0. The van der Waals surface area contributed by atoms with Crippen molar-refractivity contribution in [1.29, 1.82) is 0 Å². The molecule has 0 aliphatic heterocycles. The van der Waals surface area contributed by atoms with E-state index in [1.807, 2.05) is 42.7 Å². The maximum Gasteiger partial charge on any atom is 0.530 e. The highest BCUT2D eigenvalue weighted by Gasteiger charge is 2.27. The van der Waals surface area contributed by atoms with Crippen molar-refractivity contribution in [2.24, 2.45) is 0 Å². The number of phosphoric ester groups is 1. The first kappa shape index (κ1) is 16.7. The highest BCUT2D eigenvalue weighted by molar-refractivity contribution is 7.48. The summed E-state index contributed by atoms with van der Waals surface area (Å²) in [5, 5.41) is 0. The second-order valence-electron chi connectivity index (χ2n) is 4.57. The molecule has 0 atom stereocenters. The fourth-order valence-corrected chi connectivity index (χ4v) is 3.13. The molecule has 2 aromatic rings. The molecule has 0 unspecified atom stereocenters. The molecule has 118 valence electrons. The zero-order valence-corrected chi connectivity index (χ0v) is 13.7. The molecule has 0 saturated heterocycles. The van der Waals surface area contributed by atoms with Crippen molar-refractivity contribution in [2.45, 2.75) is 20.4 Å². The summed E-state index contributed by atoms with van der Waals surface area (Å²) in [6.07, 6.45) is 4.01. The van der Waals surface area contributed by atoms with Crippen LogP contribution in [0.15, 0.2) is 54.9 Å². The first-order chi connectivity index (χ1) is 10.6. The Bertz CT molecular complexity index is 606. The highest BCUT2D eigenvalue weighted by atomic mass is 31.2. The Hall–Kier alpha value is -1.68. The largest absolute Gasteiger partial charge is 0.530 e. The summed E-state index contributed by atoms with van der Waals surface area (Å²) < 4.78 is 30.0. The van der Waals surface area contributed by atoms with Crippen molar-refractivity contribution in [3.05, 3.63) is 60.4 Å². The zero-order valence-electron chi connectivity index (χ0n) is 12.8. The van der Waals surface area contributed by atoms with E-state index in [1.165, 1.54) is 0 Å². The first-order valence-electron chi connectivity index (χ1n) is 7.27. The Morgan fingerprint density at radius 1 is 0.955 bits per heavy atom. The van der Waals surface area contributed by atoms with E-state index >= 15 is 0 Å². The van der Waals surface area contributed by atoms with Crippen LogP contribution in [0, 0.1) is 0 Å². The molecule has 0 saturated carbocycles. The molecule has 22 heavy (non-hydrogen) atoms. The Morgan fingerprint density at radius 3 is 2.09 bits per heavy atom. The smallest absolute Gasteiger partial charge is 0.404 e. The molecule has 1 aromatic heterocycles. The van der Waals surface area contributed by atoms with Crippen molar-refractivity contribution >= 4 is 7.82 Å². The van der Waals surface area contributed by atoms with Gasteiger partial charge in [-0.05, 0) is 38.1 Å². The lowest BCUT2D eigenvalue weighted by Crippen LogP contribution is -2.32. The average Bonchev–Trinajstić information content (AvgIpc) is 2.51. The highest BCUT2D eigenvalue weighted by Crippen LogP contribution is 2.49. The average molecular weight is 322 g/mol. The van der Waals surface area contributed by atoms with E-state index in [9.17, 15) is 4.57 Å². The SMILES string of the molecule is CCOP(=O)(OCC)Oc1ccc(C[n+]2ccccc2)cc1. The standard InChI is InChI=1S/C16H21NO4P/c1-3-19-22(18,20-4-2)21-16-10-8-15(9-11-16)14-17-12-6-5-7-13-17/h5-13H,3-4,14H2,1-2H3/q+1. The molecule has 0 amide bonds. The molecule has 0 spiro atoms. The van der Waals surface area contributed by atoms with Crippen LogP contribution in [0.25, 0.3) is 0 Å². The summed E-state index contributed by atoms with van der Waals surface area (Å²) in [5.74, 6) is 0.465. The maximum absolute atomic E-state index is 12.3. The van der Waals surface area contributed by atoms with E-state index in [2.05, 4.69) is 4.57 Å². The third-order valence-electron chi connectivity index (χ3n) is 2.86. The van der Waals surface area contributed by atoms with Crippen molar-refractivity contribution in [1.82, 2.24) is 0 Å². The molecule has 0 bridgehead atoms. The molecule has 0 radical (unpaired) electrons. The van der Waals surface area contributed by atoms with E-state index < -0.39 is 7.82 Å². The van der Waals surface area contributed by atoms with Crippen molar-refractivity contribution in [2.75, 3.05) is 13.2 Å². The van der Waals surface area contributed by atoms with Crippen LogP contribution in [0.4, 0.5) is 0 Å². The fourth-order valence-electron chi connectivity index (χ4n) is 1.94. The Kier molecular flexibility index (Phi) is 6.13. The van der Waals surface area contributed by atoms with Gasteiger partial charge >= 0.3 is 7.82 Å². The molecule has 0 N–H and O–H groups in total. The van der Waals surface area contributed by atoms with Gasteiger partial charge in [0.25, 0.3) is 0 Å². The minimum absolute atomic E-state index is 0.264. The molecular weight excluding hydrogens is 301 g/mol. The van der Waals surface area contributed by atoms with Crippen LogP contribution >= 0.6 is 7.82 Å². The van der Waals surface area contributed by atoms with Crippen LogP contribution in [0.3, 0.4) is 0 Å². The van der Waals surface area contributed by atoms with Gasteiger partial charge < -0.3 is 4.52 Å².